The Bertz CT molecular complexity index is 978. The lowest BCUT2D eigenvalue weighted by Gasteiger charge is -2.61. The summed E-state index contributed by atoms with van der Waals surface area (Å²) in [4.78, 5) is 11.6. The summed E-state index contributed by atoms with van der Waals surface area (Å²) in [7, 11) is 0. The van der Waals surface area contributed by atoms with Crippen LogP contribution in [0.3, 0.4) is 0 Å². The van der Waals surface area contributed by atoms with Crippen molar-refractivity contribution >= 4 is 6.47 Å². The van der Waals surface area contributed by atoms with Crippen LogP contribution in [0.4, 0.5) is 0 Å². The normalized spacial score (nSPS) is 43.2. The van der Waals surface area contributed by atoms with Gasteiger partial charge in [0.05, 0.1) is 12.2 Å². The van der Waals surface area contributed by atoms with Gasteiger partial charge in [-0.2, -0.15) is 0 Å². The molecule has 3 N–H and O–H groups in total. The molecule has 37 heavy (non-hydrogen) atoms. The fourth-order valence-electron chi connectivity index (χ4n) is 9.21. The van der Waals surface area contributed by atoms with Crippen LogP contribution in [-0.2, 0) is 9.53 Å². The van der Waals surface area contributed by atoms with E-state index in [9.17, 15) is 20.1 Å². The zero-order chi connectivity index (χ0) is 27.6. The van der Waals surface area contributed by atoms with Crippen molar-refractivity contribution in [3.8, 4) is 0 Å². The van der Waals surface area contributed by atoms with E-state index in [-0.39, 0.29) is 29.3 Å². The molecule has 2 fully saturated rings. The van der Waals surface area contributed by atoms with Crippen molar-refractivity contribution in [1.29, 1.82) is 0 Å². The molecule has 4 rings (SSSR count). The van der Waals surface area contributed by atoms with Crippen molar-refractivity contribution in [1.82, 2.24) is 0 Å². The average Bonchev–Trinajstić information content (AvgIpc) is 2.99. The van der Waals surface area contributed by atoms with Crippen LogP contribution in [0.2, 0.25) is 0 Å². The number of hydrogen-bond acceptors (Lipinski definition) is 5. The van der Waals surface area contributed by atoms with Crippen molar-refractivity contribution in [3.05, 3.63) is 35.5 Å². The molecule has 0 amide bonds. The molecule has 0 aromatic heterocycles. The maximum Gasteiger partial charge on any atom is 0.293 e. The number of hydrogen-bond donors (Lipinski definition) is 3. The zero-order valence-electron chi connectivity index (χ0n) is 24.1. The van der Waals surface area contributed by atoms with E-state index in [1.54, 1.807) is 0 Å². The van der Waals surface area contributed by atoms with Crippen LogP contribution >= 0.6 is 0 Å². The van der Waals surface area contributed by atoms with E-state index in [0.717, 1.165) is 24.8 Å². The Balaban J connectivity index is 1.75. The number of carbonyl (C=O) groups is 1. The summed E-state index contributed by atoms with van der Waals surface area (Å²) >= 11 is 0. The van der Waals surface area contributed by atoms with E-state index in [4.69, 9.17) is 4.74 Å². The monoisotopic (exact) mass is 514 g/mol. The molecule has 0 bridgehead atoms. The maximum absolute atomic E-state index is 11.8. The molecule has 0 heterocycles. The minimum absolute atomic E-state index is 0.00429. The standard InChI is InChI=1S/C32H50O5/c1-19(2)20(3)9-11-24(37-18-34)26-27(35)28(36)32(8)23-10-12-25-29(4,5)21(17-33)13-15-30(25,6)22(23)14-16-31(26,32)7/h10,14,18-19,21,24-28,33,35-36H,3,9,11-13,15-17H2,1-2,4-8H3/t21-,24?,25+,26+,27+,28+,30-,31-,32-/m1/s1. The molecule has 208 valence electrons. The Morgan fingerprint density at radius 2 is 1.84 bits per heavy atom. The van der Waals surface area contributed by atoms with Crippen molar-refractivity contribution in [2.45, 2.75) is 105 Å². The van der Waals surface area contributed by atoms with E-state index >= 15 is 0 Å². The van der Waals surface area contributed by atoms with Gasteiger partial charge in [-0.05, 0) is 83.7 Å². The van der Waals surface area contributed by atoms with Gasteiger partial charge in [0.25, 0.3) is 6.47 Å². The predicted molar refractivity (Wildman–Crippen MR) is 146 cm³/mol. The lowest BCUT2D eigenvalue weighted by Crippen LogP contribution is -2.55. The summed E-state index contributed by atoms with van der Waals surface area (Å²) in [5, 5.41) is 33.4. The fourth-order valence-corrected chi connectivity index (χ4v) is 9.21. The summed E-state index contributed by atoms with van der Waals surface area (Å²) in [5.74, 6) is 0.642. The number of rotatable bonds is 8. The summed E-state index contributed by atoms with van der Waals surface area (Å²) in [6.45, 7) is 20.4. The molecule has 4 aliphatic carbocycles. The van der Waals surface area contributed by atoms with Crippen LogP contribution in [0.15, 0.2) is 35.5 Å². The zero-order valence-corrected chi connectivity index (χ0v) is 24.1. The highest BCUT2D eigenvalue weighted by Gasteiger charge is 2.70. The fraction of sp³-hybridized carbons (Fsp3) is 0.781. The van der Waals surface area contributed by atoms with E-state index < -0.39 is 29.1 Å². The first kappa shape index (κ1) is 28.6. The Labute approximate surface area is 224 Å². The van der Waals surface area contributed by atoms with Crippen molar-refractivity contribution in [2.75, 3.05) is 6.61 Å². The molecular formula is C32H50O5. The summed E-state index contributed by atoms with van der Waals surface area (Å²) in [6.07, 6.45) is 7.16. The molecule has 5 nitrogen and oxygen atoms in total. The number of ether oxygens (including phenoxy) is 1. The maximum atomic E-state index is 11.8. The number of aliphatic hydroxyl groups is 3. The third kappa shape index (κ3) is 3.93. The average molecular weight is 515 g/mol. The van der Waals surface area contributed by atoms with Crippen molar-refractivity contribution in [2.24, 2.45) is 45.3 Å². The third-order valence-corrected chi connectivity index (χ3v) is 12.1. The molecule has 5 heteroatoms. The Kier molecular flexibility index (Phi) is 7.45. The number of allylic oxidation sites excluding steroid dienone is 4. The molecule has 2 saturated carbocycles. The summed E-state index contributed by atoms with van der Waals surface area (Å²) in [5.41, 5.74) is 2.41. The van der Waals surface area contributed by atoms with Crippen molar-refractivity contribution in [3.63, 3.8) is 0 Å². The molecule has 1 unspecified atom stereocenters. The first-order valence-corrected chi connectivity index (χ1v) is 14.4. The van der Waals surface area contributed by atoms with Crippen LogP contribution in [0.25, 0.3) is 0 Å². The second-order valence-corrected chi connectivity index (χ2v) is 14.1. The van der Waals surface area contributed by atoms with Gasteiger partial charge in [0, 0.05) is 17.9 Å². The SMILES string of the molecule is C=C(CCC(OC=O)[C@H]1[C@H](O)[C@H](O)[C@@]2(C)C3=CC[C@H]4C(C)(C)[C@@H](CO)CC[C@]4(C)C3=CC[C@]12C)C(C)C. The molecule has 0 spiro atoms. The Hall–Kier alpha value is -1.43. The molecule has 4 aliphatic rings. The molecule has 0 radical (unpaired) electrons. The quantitative estimate of drug-likeness (QED) is 0.290. The highest BCUT2D eigenvalue weighted by Crippen LogP contribution is 2.71. The molecule has 0 aromatic carbocycles. The van der Waals surface area contributed by atoms with Gasteiger partial charge in [0.2, 0.25) is 0 Å². The van der Waals surface area contributed by atoms with E-state index in [2.05, 4.69) is 67.2 Å². The second-order valence-electron chi connectivity index (χ2n) is 14.1. The van der Waals surface area contributed by atoms with Gasteiger partial charge in [-0.3, -0.25) is 4.79 Å². The highest BCUT2D eigenvalue weighted by atomic mass is 16.5. The van der Waals surface area contributed by atoms with Gasteiger partial charge in [-0.1, -0.05) is 72.8 Å². The minimum Gasteiger partial charge on any atom is -0.464 e. The molecule has 0 aromatic rings. The first-order chi connectivity index (χ1) is 17.2. The molecule has 9 atom stereocenters. The second kappa shape index (κ2) is 9.64. The first-order valence-electron chi connectivity index (χ1n) is 14.4. The largest absolute Gasteiger partial charge is 0.464 e. The van der Waals surface area contributed by atoms with Crippen LogP contribution < -0.4 is 0 Å². The van der Waals surface area contributed by atoms with E-state index in [0.29, 0.717) is 37.6 Å². The molecule has 0 saturated heterocycles. The van der Waals surface area contributed by atoms with Gasteiger partial charge in [0.15, 0.2) is 0 Å². The summed E-state index contributed by atoms with van der Waals surface area (Å²) in [6, 6.07) is 0. The van der Waals surface area contributed by atoms with E-state index in [1.807, 2.05) is 0 Å². The highest BCUT2D eigenvalue weighted by molar-refractivity contribution is 5.51. The third-order valence-electron chi connectivity index (χ3n) is 12.1. The Morgan fingerprint density at radius 1 is 1.16 bits per heavy atom. The lowest BCUT2D eigenvalue weighted by molar-refractivity contribution is -0.143. The smallest absolute Gasteiger partial charge is 0.293 e. The van der Waals surface area contributed by atoms with Crippen molar-refractivity contribution < 1.29 is 24.9 Å². The lowest BCUT2D eigenvalue weighted by atomic mass is 9.43. The minimum atomic E-state index is -0.993. The van der Waals surface area contributed by atoms with Crippen LogP contribution in [0.1, 0.15) is 87.0 Å². The van der Waals surface area contributed by atoms with Gasteiger partial charge in [0.1, 0.15) is 6.10 Å². The van der Waals surface area contributed by atoms with Gasteiger partial charge >= 0.3 is 0 Å². The van der Waals surface area contributed by atoms with Gasteiger partial charge < -0.3 is 20.1 Å². The Morgan fingerprint density at radius 3 is 2.43 bits per heavy atom. The number of aliphatic hydroxyl groups excluding tert-OH is 3. The number of carbonyl (C=O) groups excluding carboxylic acids is 1. The van der Waals surface area contributed by atoms with E-state index in [1.165, 1.54) is 11.1 Å². The summed E-state index contributed by atoms with van der Waals surface area (Å²) < 4.78 is 5.67. The van der Waals surface area contributed by atoms with Crippen LogP contribution in [-0.4, -0.2) is 46.7 Å². The topological polar surface area (TPSA) is 87.0 Å². The van der Waals surface area contributed by atoms with Gasteiger partial charge in [-0.15, -0.1) is 0 Å². The predicted octanol–water partition coefficient (Wildman–Crippen LogP) is 5.60. The van der Waals surface area contributed by atoms with Crippen LogP contribution in [0, 0.1) is 45.3 Å². The van der Waals surface area contributed by atoms with Gasteiger partial charge in [-0.25, -0.2) is 0 Å². The molecule has 0 aliphatic heterocycles. The van der Waals surface area contributed by atoms with Crippen LogP contribution in [0.5, 0.6) is 0 Å². The molecular weight excluding hydrogens is 464 g/mol. The number of fused-ring (bicyclic) bond motifs is 5.